The van der Waals surface area contributed by atoms with E-state index in [0.29, 0.717) is 44.2 Å². The van der Waals surface area contributed by atoms with Gasteiger partial charge in [0.2, 0.25) is 0 Å². The molecule has 0 atom stereocenters. The van der Waals surface area contributed by atoms with Gasteiger partial charge in [0.15, 0.2) is 11.3 Å². The predicted octanol–water partition coefficient (Wildman–Crippen LogP) is 6.58. The molecule has 6 N–H and O–H groups in total. The molecule has 2 saturated carbocycles. The number of hydrogen-bond acceptors (Lipinski definition) is 9. The maximum atomic E-state index is 12.3. The van der Waals surface area contributed by atoms with Crippen molar-refractivity contribution in [2.24, 2.45) is 16.6 Å². The van der Waals surface area contributed by atoms with Gasteiger partial charge >= 0.3 is 5.97 Å². The summed E-state index contributed by atoms with van der Waals surface area (Å²) in [5, 5.41) is 12.9. The maximum Gasteiger partial charge on any atom is 0.352 e. The van der Waals surface area contributed by atoms with Gasteiger partial charge in [0.1, 0.15) is 11.4 Å². The molecule has 0 radical (unpaired) electrons. The van der Waals surface area contributed by atoms with Crippen molar-refractivity contribution in [2.45, 2.75) is 91.1 Å². The van der Waals surface area contributed by atoms with Crippen molar-refractivity contribution in [3.63, 3.8) is 0 Å². The van der Waals surface area contributed by atoms with E-state index in [1.54, 1.807) is 7.11 Å². The first-order valence-corrected chi connectivity index (χ1v) is 16.3. The number of carboxylic acids is 1. The topological polar surface area (TPSA) is 168 Å². The highest BCUT2D eigenvalue weighted by molar-refractivity contribution is 7.20. The standard InChI is InChI=1S/C15H21N3O2S.C8H17N.C7H6N2O3S/c1-15(2)6-4-9(5-7-15)16-13(19)10-8-11-12(17-10)18-14(20-3)21-11;1-8(2)5-3-7(9)4-6-8;1-12-7-9-5-4(13-7)2-3(8-5)6(10)11/h8-9,17H,4-7H2,1-3H3,(H,16,19);7H,3-6,9H2,1-2H3;2,8H,1H3,(H,10,11). The fourth-order valence-electron chi connectivity index (χ4n) is 5.23. The number of carbonyl (C=O) groups is 2. The van der Waals surface area contributed by atoms with E-state index in [1.807, 2.05) is 6.07 Å². The van der Waals surface area contributed by atoms with E-state index in [2.05, 4.69) is 52.9 Å². The Morgan fingerprint density at radius 3 is 1.72 bits per heavy atom. The number of aromatic carboxylic acids is 1. The predicted molar refractivity (Wildman–Crippen MR) is 172 cm³/mol. The summed E-state index contributed by atoms with van der Waals surface area (Å²) < 4.78 is 11.7. The number of methoxy groups -OCH3 is 2. The zero-order valence-electron chi connectivity index (χ0n) is 25.8. The number of nitrogens with two attached hydrogens (primary N) is 1. The molecule has 1 amide bonds. The summed E-state index contributed by atoms with van der Waals surface area (Å²) in [5.41, 5.74) is 8.75. The number of fused-ring (bicyclic) bond motifs is 2. The fraction of sp³-hybridized carbons (Fsp3) is 0.600. The first-order valence-electron chi connectivity index (χ1n) is 14.6. The van der Waals surface area contributed by atoms with Crippen LogP contribution >= 0.6 is 22.7 Å². The van der Waals surface area contributed by atoms with Crippen LogP contribution in [0.15, 0.2) is 12.1 Å². The number of hydrogen-bond donors (Lipinski definition) is 5. The van der Waals surface area contributed by atoms with Gasteiger partial charge in [0.05, 0.1) is 23.6 Å². The Morgan fingerprint density at radius 1 is 0.860 bits per heavy atom. The van der Waals surface area contributed by atoms with Crippen molar-refractivity contribution < 1.29 is 24.2 Å². The summed E-state index contributed by atoms with van der Waals surface area (Å²) >= 11 is 2.74. The number of H-pyrrole nitrogens is 2. The molecule has 2 fully saturated rings. The van der Waals surface area contributed by atoms with Crippen LogP contribution in [-0.4, -0.2) is 63.2 Å². The minimum absolute atomic E-state index is 0.0381. The van der Waals surface area contributed by atoms with Crippen LogP contribution in [0, 0.1) is 10.8 Å². The first-order chi connectivity index (χ1) is 20.3. The average Bonchev–Trinajstić information content (AvgIpc) is 3.71. The Bertz CT molecular complexity index is 1450. The molecule has 43 heavy (non-hydrogen) atoms. The minimum Gasteiger partial charge on any atom is -0.477 e. The highest BCUT2D eigenvalue weighted by Crippen LogP contribution is 2.36. The Morgan fingerprint density at radius 2 is 1.30 bits per heavy atom. The van der Waals surface area contributed by atoms with Gasteiger partial charge < -0.3 is 35.6 Å². The summed E-state index contributed by atoms with van der Waals surface area (Å²) in [6, 6.07) is 4.17. The van der Waals surface area contributed by atoms with Crippen LogP contribution in [0.1, 0.15) is 100 Å². The quantitative estimate of drug-likeness (QED) is 0.164. The molecule has 2 aliphatic carbocycles. The second-order valence-electron chi connectivity index (χ2n) is 12.9. The lowest BCUT2D eigenvalue weighted by Crippen LogP contribution is -2.39. The van der Waals surface area contributed by atoms with Crippen LogP contribution in [-0.2, 0) is 0 Å². The number of carboxylic acid groups (broad SMARTS) is 1. The van der Waals surface area contributed by atoms with E-state index in [-0.39, 0.29) is 17.6 Å². The molecule has 236 valence electrons. The molecular formula is C30H44N6O5S2. The van der Waals surface area contributed by atoms with Crippen LogP contribution in [0.3, 0.4) is 0 Å². The number of aromatic nitrogens is 4. The van der Waals surface area contributed by atoms with Gasteiger partial charge in [0, 0.05) is 12.1 Å². The Labute approximate surface area is 260 Å². The monoisotopic (exact) mass is 632 g/mol. The van der Waals surface area contributed by atoms with E-state index in [9.17, 15) is 9.59 Å². The van der Waals surface area contributed by atoms with Gasteiger partial charge in [-0.1, -0.05) is 50.4 Å². The lowest BCUT2D eigenvalue weighted by Gasteiger charge is -2.34. The third-order valence-corrected chi connectivity index (χ3v) is 10.1. The SMILES string of the molecule is CC1(C)CCC(N)CC1.COc1nc2[nH]c(C(=O)NC3CCC(C)(C)CC3)cc2s1.COc1nc2[nH]c(C(=O)O)cc2s1. The first kappa shape index (κ1) is 32.7. The molecule has 4 heterocycles. The fourth-order valence-corrected chi connectivity index (χ4v) is 6.78. The summed E-state index contributed by atoms with van der Waals surface area (Å²) in [6.07, 6.45) is 9.52. The largest absolute Gasteiger partial charge is 0.477 e. The highest BCUT2D eigenvalue weighted by Gasteiger charge is 2.28. The summed E-state index contributed by atoms with van der Waals surface area (Å²) in [7, 11) is 3.12. The molecule has 4 aromatic rings. The second kappa shape index (κ2) is 13.6. The van der Waals surface area contributed by atoms with Crippen LogP contribution in [0.25, 0.3) is 20.7 Å². The van der Waals surface area contributed by atoms with Crippen LogP contribution < -0.4 is 20.5 Å². The molecular weight excluding hydrogens is 589 g/mol. The van der Waals surface area contributed by atoms with Gasteiger partial charge in [-0.25, -0.2) is 4.79 Å². The molecule has 0 saturated heterocycles. The maximum absolute atomic E-state index is 12.3. The van der Waals surface area contributed by atoms with E-state index < -0.39 is 5.97 Å². The van der Waals surface area contributed by atoms with Crippen molar-refractivity contribution in [3.05, 3.63) is 23.5 Å². The Kier molecular flexibility index (Phi) is 10.4. The molecule has 0 aliphatic heterocycles. The van der Waals surface area contributed by atoms with Gasteiger partial charge in [-0.2, -0.15) is 9.97 Å². The Hall–Kier alpha value is -3.16. The molecule has 2 aliphatic rings. The third kappa shape index (κ3) is 8.93. The number of rotatable bonds is 5. The number of ether oxygens (including phenoxy) is 2. The molecule has 0 aromatic carbocycles. The molecule has 4 aromatic heterocycles. The molecule has 13 heteroatoms. The van der Waals surface area contributed by atoms with Crippen molar-refractivity contribution in [3.8, 4) is 10.4 Å². The lowest BCUT2D eigenvalue weighted by atomic mass is 9.75. The Balaban J connectivity index is 0.000000163. The van der Waals surface area contributed by atoms with Crippen LogP contribution in [0.2, 0.25) is 0 Å². The summed E-state index contributed by atoms with van der Waals surface area (Å²) in [4.78, 5) is 36.8. The molecule has 0 unspecified atom stereocenters. The van der Waals surface area contributed by atoms with Gasteiger partial charge in [-0.3, -0.25) is 4.79 Å². The minimum atomic E-state index is -0.982. The van der Waals surface area contributed by atoms with Crippen molar-refractivity contribution in [2.75, 3.05) is 14.2 Å². The summed E-state index contributed by atoms with van der Waals surface area (Å²) in [5.74, 6) is -1.02. The zero-order valence-corrected chi connectivity index (χ0v) is 27.5. The number of nitrogens with one attached hydrogen (secondary N) is 3. The molecule has 0 spiro atoms. The number of carbonyl (C=O) groups excluding carboxylic acids is 1. The van der Waals surface area contributed by atoms with E-state index in [0.717, 1.165) is 35.1 Å². The number of nitrogens with zero attached hydrogens (tertiary/aromatic N) is 2. The van der Waals surface area contributed by atoms with Crippen LogP contribution in [0.5, 0.6) is 10.4 Å². The van der Waals surface area contributed by atoms with Gasteiger partial charge in [-0.15, -0.1) is 0 Å². The number of aromatic amines is 2. The van der Waals surface area contributed by atoms with Crippen molar-refractivity contribution in [1.29, 1.82) is 0 Å². The van der Waals surface area contributed by atoms with Gasteiger partial charge in [-0.05, 0) is 74.3 Å². The normalized spacial score (nSPS) is 18.3. The van der Waals surface area contributed by atoms with E-state index in [4.69, 9.17) is 20.3 Å². The number of thiazole rings is 2. The van der Waals surface area contributed by atoms with Crippen molar-refractivity contribution >= 4 is 55.2 Å². The smallest absolute Gasteiger partial charge is 0.352 e. The van der Waals surface area contributed by atoms with Crippen LogP contribution in [0.4, 0.5) is 0 Å². The molecule has 0 bridgehead atoms. The third-order valence-electron chi connectivity index (χ3n) is 8.21. The number of amides is 1. The van der Waals surface area contributed by atoms with Crippen molar-refractivity contribution in [1.82, 2.24) is 25.3 Å². The molecule has 11 nitrogen and oxygen atoms in total. The lowest BCUT2D eigenvalue weighted by molar-refractivity contribution is 0.0691. The molecule has 6 rings (SSSR count). The second-order valence-corrected chi connectivity index (χ2v) is 14.9. The highest BCUT2D eigenvalue weighted by atomic mass is 32.1. The van der Waals surface area contributed by atoms with Gasteiger partial charge in [0.25, 0.3) is 16.3 Å². The summed E-state index contributed by atoms with van der Waals surface area (Å²) in [6.45, 7) is 9.25. The van der Waals surface area contributed by atoms with E-state index in [1.165, 1.54) is 61.5 Å². The van der Waals surface area contributed by atoms with E-state index >= 15 is 0 Å². The zero-order chi connectivity index (χ0) is 31.4. The average molecular weight is 633 g/mol.